The fourth-order valence-corrected chi connectivity index (χ4v) is 5.54. The van der Waals surface area contributed by atoms with E-state index < -0.39 is 41.0 Å². The summed E-state index contributed by atoms with van der Waals surface area (Å²) in [7, 11) is 0. The first-order valence-corrected chi connectivity index (χ1v) is 16.3. The first kappa shape index (κ1) is 36.7. The van der Waals surface area contributed by atoms with Crippen molar-refractivity contribution < 1.29 is 37.2 Å². The van der Waals surface area contributed by atoms with Gasteiger partial charge in [0.2, 0.25) is 11.8 Å². The van der Waals surface area contributed by atoms with Crippen LogP contribution in [0.2, 0.25) is 0 Å². The monoisotopic (exact) mass is 681 g/mol. The third kappa shape index (κ3) is 11.5. The van der Waals surface area contributed by atoms with E-state index in [-0.39, 0.29) is 35.9 Å². The minimum atomic E-state index is -0.791. The Kier molecular flexibility index (Phi) is 13.4. The van der Waals surface area contributed by atoms with Crippen LogP contribution in [0.4, 0.5) is 14.5 Å². The summed E-state index contributed by atoms with van der Waals surface area (Å²) in [5.74, 6) is -3.14. The average molecular weight is 682 g/mol. The topological polar surface area (TPSA) is 162 Å². The Hall–Kier alpha value is -5.14. The van der Waals surface area contributed by atoms with E-state index in [1.54, 1.807) is 19.9 Å². The van der Waals surface area contributed by atoms with E-state index in [0.29, 0.717) is 25.1 Å². The van der Waals surface area contributed by atoms with E-state index >= 15 is 0 Å². The molecule has 1 aliphatic carbocycles. The normalized spacial score (nSPS) is 17.0. The number of nitrogens with zero attached hydrogens (tertiary/aromatic N) is 2. The van der Waals surface area contributed by atoms with Crippen LogP contribution in [0.5, 0.6) is 0 Å². The molecule has 262 valence electrons. The molecule has 3 aromatic rings. The van der Waals surface area contributed by atoms with Gasteiger partial charge in [0.1, 0.15) is 24.1 Å². The van der Waals surface area contributed by atoms with Gasteiger partial charge in [-0.25, -0.2) is 13.6 Å². The fraction of sp³-hybridized carbons (Fsp3) is 0.429. The molecule has 12 nitrogen and oxygen atoms in total. The van der Waals surface area contributed by atoms with Gasteiger partial charge in [-0.05, 0) is 82.2 Å². The lowest BCUT2D eigenvalue weighted by molar-refractivity contribution is -0.143. The van der Waals surface area contributed by atoms with Gasteiger partial charge < -0.3 is 29.8 Å². The largest absolute Gasteiger partial charge is 0.459 e. The molecule has 2 aliphatic rings. The second-order valence-electron chi connectivity index (χ2n) is 12.1. The zero-order valence-electron chi connectivity index (χ0n) is 27.5. The van der Waals surface area contributed by atoms with Crippen LogP contribution in [0, 0.1) is 31.4 Å². The lowest BCUT2D eigenvalue weighted by Gasteiger charge is -2.19. The molecular weight excluding hydrogens is 640 g/mol. The number of carbonyl (C=O) groups is 4. The molecule has 0 bridgehead atoms. The molecule has 0 radical (unpaired) electrons. The smallest absolute Gasteiger partial charge is 0.330 e. The lowest BCUT2D eigenvalue weighted by atomic mass is 9.98. The minimum Gasteiger partial charge on any atom is -0.459 e. The Labute approximate surface area is 282 Å². The number of hydrogen-bond donors (Lipinski definition) is 3. The van der Waals surface area contributed by atoms with Crippen molar-refractivity contribution >= 4 is 29.4 Å². The maximum absolute atomic E-state index is 13.0. The van der Waals surface area contributed by atoms with Crippen molar-refractivity contribution in [2.75, 3.05) is 11.9 Å². The number of aromatic nitrogens is 2. The van der Waals surface area contributed by atoms with Gasteiger partial charge in [0.15, 0.2) is 17.3 Å². The van der Waals surface area contributed by atoms with E-state index in [4.69, 9.17) is 9.26 Å². The van der Waals surface area contributed by atoms with Crippen molar-refractivity contribution in [3.63, 3.8) is 0 Å². The van der Waals surface area contributed by atoms with E-state index in [2.05, 4.69) is 21.1 Å². The van der Waals surface area contributed by atoms with Crippen LogP contribution in [-0.2, 0) is 25.7 Å². The van der Waals surface area contributed by atoms with E-state index in [1.165, 1.54) is 36.5 Å². The van der Waals surface area contributed by atoms with Crippen LogP contribution in [0.1, 0.15) is 73.2 Å². The summed E-state index contributed by atoms with van der Waals surface area (Å²) in [6, 6.07) is 7.57. The first-order valence-electron chi connectivity index (χ1n) is 16.3. The highest BCUT2D eigenvalue weighted by molar-refractivity contribution is 6.02. The molecule has 1 unspecified atom stereocenters. The number of halogens is 2. The Morgan fingerprint density at radius 1 is 1.06 bits per heavy atom. The van der Waals surface area contributed by atoms with E-state index in [9.17, 15) is 32.8 Å². The molecule has 2 atom stereocenters. The number of benzene rings is 1. The summed E-state index contributed by atoms with van der Waals surface area (Å²) in [6.07, 6.45) is 11.1. The molecule has 3 N–H and O–H groups in total. The molecule has 1 aliphatic heterocycles. The van der Waals surface area contributed by atoms with Crippen LogP contribution in [0.15, 0.2) is 64.1 Å². The van der Waals surface area contributed by atoms with Crippen molar-refractivity contribution in [3.05, 3.63) is 93.8 Å². The van der Waals surface area contributed by atoms with Crippen molar-refractivity contribution in [1.82, 2.24) is 20.4 Å². The number of pyridine rings is 1. The molecule has 5 rings (SSSR count). The van der Waals surface area contributed by atoms with Crippen LogP contribution in [0.3, 0.4) is 0 Å². The highest BCUT2D eigenvalue weighted by Crippen LogP contribution is 2.21. The van der Waals surface area contributed by atoms with Crippen LogP contribution >= 0.6 is 0 Å². The predicted molar refractivity (Wildman–Crippen MR) is 175 cm³/mol. The van der Waals surface area contributed by atoms with Crippen molar-refractivity contribution in [2.45, 2.75) is 83.9 Å². The molecule has 2 fully saturated rings. The number of ether oxygens (including phenoxy) is 1. The molecule has 1 saturated heterocycles. The first-order chi connectivity index (χ1) is 23.5. The quantitative estimate of drug-likeness (QED) is 0.160. The van der Waals surface area contributed by atoms with E-state index in [0.717, 1.165) is 60.8 Å². The number of rotatable bonds is 10. The van der Waals surface area contributed by atoms with Crippen LogP contribution < -0.4 is 21.5 Å². The Morgan fingerprint density at radius 2 is 1.82 bits per heavy atom. The Morgan fingerprint density at radius 3 is 2.45 bits per heavy atom. The van der Waals surface area contributed by atoms with Gasteiger partial charge in [-0.15, -0.1) is 0 Å². The Balaban J connectivity index is 0.000000520. The molecule has 14 heteroatoms. The molecular formula is C35H41F2N5O7. The third-order valence-electron chi connectivity index (χ3n) is 8.12. The zero-order chi connectivity index (χ0) is 35.3. The number of nitrogens with one attached hydrogen (secondary N) is 3. The molecule has 49 heavy (non-hydrogen) atoms. The summed E-state index contributed by atoms with van der Waals surface area (Å²) >= 11 is 0. The summed E-state index contributed by atoms with van der Waals surface area (Å²) in [4.78, 5) is 62.9. The summed E-state index contributed by atoms with van der Waals surface area (Å²) in [5.41, 5.74) is 0.142. The number of amides is 3. The van der Waals surface area contributed by atoms with E-state index in [1.807, 2.05) is 0 Å². The van der Waals surface area contributed by atoms with Gasteiger partial charge in [0.05, 0.1) is 0 Å². The van der Waals surface area contributed by atoms with Crippen molar-refractivity contribution in [1.29, 1.82) is 0 Å². The second kappa shape index (κ2) is 17.9. The maximum Gasteiger partial charge on any atom is 0.330 e. The van der Waals surface area contributed by atoms with Gasteiger partial charge in [-0.1, -0.05) is 30.1 Å². The fourth-order valence-electron chi connectivity index (χ4n) is 5.54. The molecule has 2 aromatic heterocycles. The third-order valence-corrected chi connectivity index (χ3v) is 8.12. The predicted octanol–water partition coefficient (Wildman–Crippen LogP) is 4.50. The molecule has 1 aromatic carbocycles. The number of hydrogen-bond acceptors (Lipinski definition) is 8. The number of anilines is 1. The zero-order valence-corrected chi connectivity index (χ0v) is 27.5. The van der Waals surface area contributed by atoms with Crippen LogP contribution in [0.25, 0.3) is 0 Å². The molecule has 0 spiro atoms. The Bertz CT molecular complexity index is 1710. The summed E-state index contributed by atoms with van der Waals surface area (Å²) < 4.78 is 36.0. The maximum atomic E-state index is 13.0. The average Bonchev–Trinajstić information content (AvgIpc) is 3.59. The van der Waals surface area contributed by atoms with Crippen molar-refractivity contribution in [3.8, 4) is 0 Å². The number of carbonyl (C=O) groups excluding carboxylic acids is 4. The lowest BCUT2D eigenvalue weighted by Crippen LogP contribution is -2.40. The minimum absolute atomic E-state index is 0.0215. The standard InChI is InChI=1S/C28H35N5O7.C7H6F2/c1-18-15-23(32-40-18)27(37)31-22-9-6-14-33(28(22)38)17-24(34)30-20(16-19-12-13-29-26(19)36)10-11-25(35)39-21-7-4-2-3-5-8-21;1-5-2-3-6(8)7(9)4-5/h6,9-11,14-15,19-21H,2-5,7-8,12-13,16-17H2,1H3,(H,29,36)(H,30,34)(H,31,37);2-4H,1H3/b11-10+;/t19?,20-;/m1./s1. The highest BCUT2D eigenvalue weighted by atomic mass is 19.2. The molecule has 1 saturated carbocycles. The highest BCUT2D eigenvalue weighted by Gasteiger charge is 2.27. The summed E-state index contributed by atoms with van der Waals surface area (Å²) in [5, 5.41) is 11.7. The molecule has 3 heterocycles. The summed E-state index contributed by atoms with van der Waals surface area (Å²) in [6.45, 7) is 3.57. The van der Waals surface area contributed by atoms with Crippen LogP contribution in [-0.4, -0.2) is 52.1 Å². The van der Waals surface area contributed by atoms with Crippen molar-refractivity contribution in [2.24, 2.45) is 5.92 Å². The second-order valence-corrected chi connectivity index (χ2v) is 12.1. The van der Waals surface area contributed by atoms with Gasteiger partial charge in [-0.3, -0.25) is 19.2 Å². The number of esters is 1. The van der Waals surface area contributed by atoms with Gasteiger partial charge in [-0.2, -0.15) is 0 Å². The SMILES string of the molecule is Cc1cc(C(=O)Nc2cccn(CC(=O)N[C@H](/C=C/C(=O)OC3CCCCCC3)CC3CCNC3=O)c2=O)no1.Cc1ccc(F)c(F)c1. The van der Waals surface area contributed by atoms with Gasteiger partial charge in [0.25, 0.3) is 11.5 Å². The molecule has 3 amide bonds. The number of aryl methyl sites for hydroxylation is 2. The van der Waals surface area contributed by atoms with Gasteiger partial charge >= 0.3 is 5.97 Å². The van der Waals surface area contributed by atoms with Gasteiger partial charge in [0, 0.05) is 36.8 Å².